The Kier molecular flexibility index (Phi) is 4.35. The van der Waals surface area contributed by atoms with Gasteiger partial charge >= 0.3 is 0 Å². The molecule has 1 aromatic rings. The van der Waals surface area contributed by atoms with Gasteiger partial charge in [0.05, 0.1) is 6.61 Å². The van der Waals surface area contributed by atoms with Crippen LogP contribution in [0.15, 0.2) is 16.6 Å². The fourth-order valence-corrected chi connectivity index (χ4v) is 4.03. The summed E-state index contributed by atoms with van der Waals surface area (Å²) in [5.41, 5.74) is 2.64. The van der Waals surface area contributed by atoms with Gasteiger partial charge in [-0.2, -0.15) is 0 Å². The molecule has 1 atom stereocenters. The van der Waals surface area contributed by atoms with Crippen LogP contribution in [0.3, 0.4) is 0 Å². The zero-order valence-corrected chi connectivity index (χ0v) is 13.3. The third kappa shape index (κ3) is 2.93. The summed E-state index contributed by atoms with van der Waals surface area (Å²) in [5.74, 6) is 1.85. The highest BCUT2D eigenvalue weighted by Crippen LogP contribution is 2.34. The van der Waals surface area contributed by atoms with Gasteiger partial charge in [0.15, 0.2) is 0 Å². The highest BCUT2D eigenvalue weighted by Gasteiger charge is 2.24. The van der Waals surface area contributed by atoms with Crippen LogP contribution in [-0.2, 0) is 13.0 Å². The second-order valence-corrected chi connectivity index (χ2v) is 6.65. The van der Waals surface area contributed by atoms with E-state index in [1.807, 2.05) is 0 Å². The maximum absolute atomic E-state index is 6.11. The number of halogens is 2. The molecule has 0 N–H and O–H groups in total. The lowest BCUT2D eigenvalue weighted by atomic mass is 10.0. The maximum Gasteiger partial charge on any atom is 0.127 e. The third-order valence-corrected chi connectivity index (χ3v) is 4.94. The predicted octanol–water partition coefficient (Wildman–Crippen LogP) is 3.98. The average molecular weight is 345 g/mol. The Morgan fingerprint density at radius 3 is 3.11 bits per heavy atom. The van der Waals surface area contributed by atoms with Crippen LogP contribution in [0.2, 0.25) is 0 Å². The molecule has 0 aliphatic carbocycles. The van der Waals surface area contributed by atoms with Gasteiger partial charge in [-0.25, -0.2) is 0 Å². The minimum atomic E-state index is 0.520. The van der Waals surface area contributed by atoms with E-state index in [1.165, 1.54) is 30.4 Å². The number of alkyl halides is 1. The maximum atomic E-state index is 6.11. The van der Waals surface area contributed by atoms with Gasteiger partial charge in [0.25, 0.3) is 0 Å². The smallest absolute Gasteiger partial charge is 0.127 e. The molecule has 1 saturated heterocycles. The fraction of sp³-hybridized carbons (Fsp3) is 0.600. The summed E-state index contributed by atoms with van der Waals surface area (Å²) in [7, 11) is 0. The molecule has 0 aromatic heterocycles. The molecule has 19 heavy (non-hydrogen) atoms. The minimum Gasteiger partial charge on any atom is -0.493 e. The van der Waals surface area contributed by atoms with E-state index in [0.717, 1.165) is 42.2 Å². The number of piperidine rings is 1. The lowest BCUT2D eigenvalue weighted by Crippen LogP contribution is -2.40. The van der Waals surface area contributed by atoms with Crippen molar-refractivity contribution in [1.29, 1.82) is 0 Å². The first-order valence-corrected chi connectivity index (χ1v) is 8.35. The van der Waals surface area contributed by atoms with Crippen LogP contribution in [0, 0.1) is 0 Å². The van der Waals surface area contributed by atoms with Gasteiger partial charge in [0, 0.05) is 34.9 Å². The molecule has 1 fully saturated rings. The molecule has 0 bridgehead atoms. The van der Waals surface area contributed by atoms with Crippen LogP contribution in [-0.4, -0.2) is 30.0 Å². The molecule has 2 aliphatic heterocycles. The first-order chi connectivity index (χ1) is 9.28. The Bertz CT molecular complexity index is 466. The molecular formula is C15H19BrClNO. The van der Waals surface area contributed by atoms with Crippen molar-refractivity contribution in [1.82, 2.24) is 4.90 Å². The van der Waals surface area contributed by atoms with Crippen LogP contribution in [0.5, 0.6) is 5.75 Å². The molecule has 0 saturated carbocycles. The summed E-state index contributed by atoms with van der Waals surface area (Å²) < 4.78 is 6.97. The highest BCUT2D eigenvalue weighted by atomic mass is 79.9. The summed E-state index contributed by atoms with van der Waals surface area (Å²) in [6.45, 7) is 2.93. The van der Waals surface area contributed by atoms with E-state index in [4.69, 9.17) is 16.3 Å². The summed E-state index contributed by atoms with van der Waals surface area (Å²) in [6.07, 6.45) is 4.84. The van der Waals surface area contributed by atoms with Gasteiger partial charge in [-0.15, -0.1) is 11.6 Å². The van der Waals surface area contributed by atoms with Crippen molar-refractivity contribution in [3.8, 4) is 5.75 Å². The normalized spacial score (nSPS) is 23.2. The van der Waals surface area contributed by atoms with E-state index in [-0.39, 0.29) is 0 Å². The van der Waals surface area contributed by atoms with Gasteiger partial charge in [-0.05, 0) is 37.1 Å². The Hall–Kier alpha value is -0.250. The Balaban J connectivity index is 1.82. The summed E-state index contributed by atoms with van der Waals surface area (Å²) in [4.78, 5) is 2.51. The van der Waals surface area contributed by atoms with E-state index in [2.05, 4.69) is 33.0 Å². The number of likely N-dealkylation sites (tertiary alicyclic amines) is 1. The molecular weight excluding hydrogens is 326 g/mol. The fourth-order valence-electron chi connectivity index (χ4n) is 3.13. The van der Waals surface area contributed by atoms with Crippen molar-refractivity contribution < 1.29 is 4.74 Å². The van der Waals surface area contributed by atoms with E-state index in [9.17, 15) is 0 Å². The molecule has 2 aliphatic rings. The quantitative estimate of drug-likeness (QED) is 0.769. The minimum absolute atomic E-state index is 0.520. The molecule has 1 unspecified atom stereocenters. The van der Waals surface area contributed by atoms with Crippen LogP contribution < -0.4 is 4.74 Å². The summed E-state index contributed by atoms with van der Waals surface area (Å²) >= 11 is 9.72. The Labute approximate surface area is 128 Å². The van der Waals surface area contributed by atoms with Crippen LogP contribution in [0.4, 0.5) is 0 Å². The molecule has 2 heterocycles. The number of hydrogen-bond acceptors (Lipinski definition) is 2. The SMILES string of the molecule is ClCC1CCCCN1Cc1cc(Br)cc2c1OCC2. The Morgan fingerprint density at radius 2 is 2.26 bits per heavy atom. The number of rotatable bonds is 3. The lowest BCUT2D eigenvalue weighted by molar-refractivity contribution is 0.153. The zero-order valence-electron chi connectivity index (χ0n) is 11.0. The summed E-state index contributed by atoms with van der Waals surface area (Å²) in [6, 6.07) is 4.90. The van der Waals surface area contributed by atoms with Gasteiger partial charge in [-0.3, -0.25) is 4.90 Å². The van der Waals surface area contributed by atoms with Gasteiger partial charge in [0.2, 0.25) is 0 Å². The van der Waals surface area contributed by atoms with Crippen molar-refractivity contribution in [2.75, 3.05) is 19.0 Å². The summed E-state index contributed by atoms with van der Waals surface area (Å²) in [5, 5.41) is 0. The van der Waals surface area contributed by atoms with Crippen LogP contribution >= 0.6 is 27.5 Å². The number of benzene rings is 1. The van der Waals surface area contributed by atoms with E-state index in [1.54, 1.807) is 0 Å². The molecule has 0 radical (unpaired) electrons. The monoisotopic (exact) mass is 343 g/mol. The zero-order chi connectivity index (χ0) is 13.2. The van der Waals surface area contributed by atoms with Gasteiger partial charge in [0.1, 0.15) is 5.75 Å². The molecule has 2 nitrogen and oxygen atoms in total. The van der Waals surface area contributed by atoms with E-state index < -0.39 is 0 Å². The third-order valence-electron chi connectivity index (χ3n) is 4.13. The topological polar surface area (TPSA) is 12.5 Å². The largest absolute Gasteiger partial charge is 0.493 e. The van der Waals surface area contributed by atoms with Crippen molar-refractivity contribution in [3.05, 3.63) is 27.7 Å². The van der Waals surface area contributed by atoms with Gasteiger partial charge in [-0.1, -0.05) is 22.4 Å². The molecule has 0 spiro atoms. The second-order valence-electron chi connectivity index (χ2n) is 5.43. The molecule has 1 aromatic carbocycles. The Morgan fingerprint density at radius 1 is 1.37 bits per heavy atom. The molecule has 104 valence electrons. The first-order valence-electron chi connectivity index (χ1n) is 7.02. The predicted molar refractivity (Wildman–Crippen MR) is 82.1 cm³/mol. The number of nitrogens with zero attached hydrogens (tertiary/aromatic N) is 1. The van der Waals surface area contributed by atoms with E-state index in [0.29, 0.717) is 6.04 Å². The van der Waals surface area contributed by atoms with Crippen molar-refractivity contribution in [2.45, 2.75) is 38.3 Å². The molecule has 3 rings (SSSR count). The number of fused-ring (bicyclic) bond motifs is 1. The highest BCUT2D eigenvalue weighted by molar-refractivity contribution is 9.10. The number of ether oxygens (including phenoxy) is 1. The molecule has 0 amide bonds. The number of hydrogen-bond donors (Lipinski definition) is 0. The van der Waals surface area contributed by atoms with E-state index >= 15 is 0 Å². The van der Waals surface area contributed by atoms with Crippen LogP contribution in [0.1, 0.15) is 30.4 Å². The first kappa shape index (κ1) is 13.7. The second kappa shape index (κ2) is 6.02. The molecule has 4 heteroatoms. The lowest BCUT2D eigenvalue weighted by Gasteiger charge is -2.34. The standard InChI is InChI=1S/C15H19BrClNO/c16-13-7-11-4-6-19-15(11)12(8-13)10-18-5-2-1-3-14(18)9-17/h7-8,14H,1-6,9-10H2. The van der Waals surface area contributed by atoms with Crippen molar-refractivity contribution in [2.24, 2.45) is 0 Å². The van der Waals surface area contributed by atoms with Gasteiger partial charge < -0.3 is 4.74 Å². The van der Waals surface area contributed by atoms with Crippen molar-refractivity contribution in [3.63, 3.8) is 0 Å². The van der Waals surface area contributed by atoms with Crippen molar-refractivity contribution >= 4 is 27.5 Å². The van der Waals surface area contributed by atoms with Crippen LogP contribution in [0.25, 0.3) is 0 Å². The average Bonchev–Trinajstić information content (AvgIpc) is 2.87.